The maximum Gasteiger partial charge on any atom is 0.157 e. The van der Waals surface area contributed by atoms with E-state index < -0.39 is 0 Å². The first-order chi connectivity index (χ1) is 9.78. The molecule has 0 aliphatic carbocycles. The van der Waals surface area contributed by atoms with Crippen molar-refractivity contribution in [1.29, 1.82) is 0 Å². The van der Waals surface area contributed by atoms with Gasteiger partial charge in [-0.1, -0.05) is 25.5 Å². The lowest BCUT2D eigenvalue weighted by Crippen LogP contribution is -2.31. The molecule has 1 aromatic carbocycles. The number of ether oxygens (including phenoxy) is 2. The number of hydrogen-bond donors (Lipinski definition) is 0. The minimum absolute atomic E-state index is 0.0173. The van der Waals surface area contributed by atoms with Crippen LogP contribution in [0.5, 0.6) is 0 Å². The van der Waals surface area contributed by atoms with Gasteiger partial charge in [-0.05, 0) is 49.8 Å². The summed E-state index contributed by atoms with van der Waals surface area (Å²) in [5.74, 6) is 0.412. The average Bonchev–Trinajstić information content (AvgIpc) is 2.47. The van der Waals surface area contributed by atoms with Gasteiger partial charge in [0.25, 0.3) is 0 Å². The molecule has 0 bridgehead atoms. The molecule has 0 spiro atoms. The van der Waals surface area contributed by atoms with E-state index in [0.29, 0.717) is 5.92 Å². The fourth-order valence-electron chi connectivity index (χ4n) is 2.62. The molecule has 2 nitrogen and oxygen atoms in total. The van der Waals surface area contributed by atoms with E-state index >= 15 is 0 Å². The molecule has 0 atom stereocenters. The van der Waals surface area contributed by atoms with Gasteiger partial charge < -0.3 is 9.47 Å². The van der Waals surface area contributed by atoms with E-state index in [9.17, 15) is 4.39 Å². The van der Waals surface area contributed by atoms with Crippen LogP contribution in [0.3, 0.4) is 0 Å². The van der Waals surface area contributed by atoms with Crippen LogP contribution in [-0.2, 0) is 15.9 Å². The first kappa shape index (κ1) is 15.5. The lowest BCUT2D eigenvalue weighted by atomic mass is 10.0. The smallest absolute Gasteiger partial charge is 0.157 e. The molecule has 1 aliphatic heterocycles. The van der Waals surface area contributed by atoms with Gasteiger partial charge in [-0.2, -0.15) is 0 Å². The predicted octanol–water partition coefficient (Wildman–Crippen LogP) is 4.33. The van der Waals surface area contributed by atoms with Gasteiger partial charge in [0.1, 0.15) is 5.82 Å². The van der Waals surface area contributed by atoms with E-state index in [-0.39, 0.29) is 12.1 Å². The second kappa shape index (κ2) is 8.38. The first-order valence-electron chi connectivity index (χ1n) is 7.75. The Morgan fingerprint density at radius 1 is 1.05 bits per heavy atom. The Kier molecular flexibility index (Phi) is 6.48. The molecule has 3 heteroatoms. The van der Waals surface area contributed by atoms with Crippen molar-refractivity contribution in [3.05, 3.63) is 35.6 Å². The van der Waals surface area contributed by atoms with Gasteiger partial charge in [-0.3, -0.25) is 0 Å². The second-order valence-electron chi connectivity index (χ2n) is 5.62. The highest BCUT2D eigenvalue weighted by Crippen LogP contribution is 2.19. The molecule has 1 aromatic rings. The summed E-state index contributed by atoms with van der Waals surface area (Å²) in [5, 5.41) is 0. The van der Waals surface area contributed by atoms with E-state index in [1.807, 2.05) is 12.1 Å². The molecule has 2 rings (SSSR count). The van der Waals surface area contributed by atoms with Crippen molar-refractivity contribution < 1.29 is 13.9 Å². The molecule has 112 valence electrons. The van der Waals surface area contributed by atoms with Crippen molar-refractivity contribution in [3.63, 3.8) is 0 Å². The lowest BCUT2D eigenvalue weighted by Gasteiger charge is -2.29. The highest BCUT2D eigenvalue weighted by atomic mass is 19.1. The number of hydrogen-bond acceptors (Lipinski definition) is 2. The molecule has 0 aromatic heterocycles. The topological polar surface area (TPSA) is 18.5 Å². The van der Waals surface area contributed by atoms with Crippen LogP contribution in [0.25, 0.3) is 0 Å². The van der Waals surface area contributed by atoms with E-state index in [1.54, 1.807) is 0 Å². The molecule has 1 heterocycles. The van der Waals surface area contributed by atoms with E-state index in [2.05, 4.69) is 6.92 Å². The molecule has 1 saturated heterocycles. The number of halogens is 1. The number of benzene rings is 1. The molecule has 0 unspecified atom stereocenters. The van der Waals surface area contributed by atoms with Gasteiger partial charge in [0.15, 0.2) is 6.29 Å². The van der Waals surface area contributed by atoms with E-state index in [4.69, 9.17) is 9.47 Å². The maximum atomic E-state index is 12.8. The largest absolute Gasteiger partial charge is 0.352 e. The van der Waals surface area contributed by atoms with E-state index in [0.717, 1.165) is 38.9 Å². The van der Waals surface area contributed by atoms with Crippen LogP contribution in [0, 0.1) is 11.7 Å². The summed E-state index contributed by atoms with van der Waals surface area (Å²) in [5.41, 5.74) is 1.19. The minimum atomic E-state index is -0.167. The molecule has 0 radical (unpaired) electrons. The molecular formula is C17H25FO2. The first-order valence-corrected chi connectivity index (χ1v) is 7.75. The second-order valence-corrected chi connectivity index (χ2v) is 5.62. The average molecular weight is 280 g/mol. The summed E-state index contributed by atoms with van der Waals surface area (Å²) in [6.45, 7) is 3.88. The SMILES string of the molecule is CCCC1COC(CCCCc2ccc(F)cc2)OC1. The predicted molar refractivity (Wildman–Crippen MR) is 78.0 cm³/mol. The van der Waals surface area contributed by atoms with Crippen LogP contribution in [0.4, 0.5) is 4.39 Å². The normalized spacial score (nSPS) is 22.9. The van der Waals surface area contributed by atoms with Crippen LogP contribution in [-0.4, -0.2) is 19.5 Å². The summed E-state index contributed by atoms with van der Waals surface area (Å²) < 4.78 is 24.2. The van der Waals surface area contributed by atoms with Gasteiger partial charge in [0, 0.05) is 5.92 Å². The monoisotopic (exact) mass is 280 g/mol. The molecule has 0 saturated carbocycles. The third kappa shape index (κ3) is 5.22. The zero-order valence-corrected chi connectivity index (χ0v) is 12.3. The van der Waals surface area contributed by atoms with Gasteiger partial charge in [0.05, 0.1) is 13.2 Å². The summed E-state index contributed by atoms with van der Waals surface area (Å²) >= 11 is 0. The third-order valence-corrected chi connectivity index (χ3v) is 3.80. The Morgan fingerprint density at radius 2 is 1.75 bits per heavy atom. The fraction of sp³-hybridized carbons (Fsp3) is 0.647. The lowest BCUT2D eigenvalue weighted by molar-refractivity contribution is -0.204. The van der Waals surface area contributed by atoms with Crippen molar-refractivity contribution in [3.8, 4) is 0 Å². The zero-order valence-electron chi connectivity index (χ0n) is 12.3. The van der Waals surface area contributed by atoms with Crippen molar-refractivity contribution in [1.82, 2.24) is 0 Å². The highest BCUT2D eigenvalue weighted by molar-refractivity contribution is 5.15. The van der Waals surface area contributed by atoms with Gasteiger partial charge in [0.2, 0.25) is 0 Å². The summed E-state index contributed by atoms with van der Waals surface area (Å²) in [4.78, 5) is 0. The third-order valence-electron chi connectivity index (χ3n) is 3.80. The van der Waals surface area contributed by atoms with Crippen LogP contribution >= 0.6 is 0 Å². The van der Waals surface area contributed by atoms with Crippen LogP contribution in [0.15, 0.2) is 24.3 Å². The maximum absolute atomic E-state index is 12.8. The number of rotatable bonds is 7. The molecule has 1 aliphatic rings. The summed E-state index contributed by atoms with van der Waals surface area (Å²) in [7, 11) is 0. The number of unbranched alkanes of at least 4 members (excludes halogenated alkanes) is 1. The van der Waals surface area contributed by atoms with Gasteiger partial charge >= 0.3 is 0 Å². The molecule has 20 heavy (non-hydrogen) atoms. The summed E-state index contributed by atoms with van der Waals surface area (Å²) in [6, 6.07) is 6.77. The Balaban J connectivity index is 1.56. The summed E-state index contributed by atoms with van der Waals surface area (Å²) in [6.07, 6.45) is 6.49. The Morgan fingerprint density at radius 3 is 2.40 bits per heavy atom. The van der Waals surface area contributed by atoms with Crippen molar-refractivity contribution in [2.45, 2.75) is 51.7 Å². The van der Waals surface area contributed by atoms with Crippen molar-refractivity contribution >= 4 is 0 Å². The van der Waals surface area contributed by atoms with Gasteiger partial charge in [-0.25, -0.2) is 4.39 Å². The van der Waals surface area contributed by atoms with Crippen LogP contribution in [0.2, 0.25) is 0 Å². The zero-order chi connectivity index (χ0) is 14.2. The van der Waals surface area contributed by atoms with Gasteiger partial charge in [-0.15, -0.1) is 0 Å². The number of aryl methyl sites for hydroxylation is 1. The minimum Gasteiger partial charge on any atom is -0.352 e. The Labute approximate surface area is 121 Å². The molecule has 0 N–H and O–H groups in total. The van der Waals surface area contributed by atoms with E-state index in [1.165, 1.54) is 30.5 Å². The van der Waals surface area contributed by atoms with Crippen molar-refractivity contribution in [2.24, 2.45) is 5.92 Å². The van der Waals surface area contributed by atoms with Crippen LogP contribution in [0.1, 0.15) is 44.6 Å². The fourth-order valence-corrected chi connectivity index (χ4v) is 2.62. The molecular weight excluding hydrogens is 255 g/mol. The Hall–Kier alpha value is -0.930. The molecule has 0 amide bonds. The molecule has 1 fully saturated rings. The Bertz CT molecular complexity index is 369. The van der Waals surface area contributed by atoms with Crippen LogP contribution < -0.4 is 0 Å². The standard InChI is InChI=1S/C17H25FO2/c1-2-5-15-12-19-17(20-13-15)7-4-3-6-14-8-10-16(18)11-9-14/h8-11,15,17H,2-7,12-13H2,1H3. The quantitative estimate of drug-likeness (QED) is 0.692. The highest BCUT2D eigenvalue weighted by Gasteiger charge is 2.20. The van der Waals surface area contributed by atoms with Crippen molar-refractivity contribution in [2.75, 3.05) is 13.2 Å².